The molecule has 0 saturated heterocycles. The molecular formula is C23H23Cl2NO3. The van der Waals surface area contributed by atoms with Gasteiger partial charge in [-0.2, -0.15) is 0 Å². The maximum Gasteiger partial charge on any atom is 0.320 e. The highest BCUT2D eigenvalue weighted by atomic mass is 35.5. The summed E-state index contributed by atoms with van der Waals surface area (Å²) < 4.78 is 6.09. The number of ether oxygens (including phenoxy) is 1. The average Bonchev–Trinajstić information content (AvgIpc) is 2.68. The molecule has 0 heterocycles. The van der Waals surface area contributed by atoms with Crippen molar-refractivity contribution in [2.75, 3.05) is 0 Å². The number of hydrogen-bond acceptors (Lipinski definition) is 3. The molecule has 0 radical (unpaired) electrons. The van der Waals surface area contributed by atoms with Crippen molar-refractivity contribution in [2.45, 2.75) is 33.0 Å². The fourth-order valence-corrected chi connectivity index (χ4v) is 3.78. The number of rotatable bonds is 8. The molecule has 0 bridgehead atoms. The van der Waals surface area contributed by atoms with Gasteiger partial charge in [-0.15, -0.1) is 0 Å². The fraction of sp³-hybridized carbons (Fsp3) is 0.261. The van der Waals surface area contributed by atoms with Crippen LogP contribution in [-0.4, -0.2) is 17.1 Å². The Labute approximate surface area is 180 Å². The van der Waals surface area contributed by atoms with Crippen LogP contribution in [0.4, 0.5) is 0 Å². The van der Waals surface area contributed by atoms with Crippen molar-refractivity contribution in [1.29, 1.82) is 0 Å². The van der Waals surface area contributed by atoms with E-state index in [0.717, 1.165) is 16.3 Å². The van der Waals surface area contributed by atoms with E-state index < -0.39 is 12.0 Å². The predicted octanol–water partition coefficient (Wildman–Crippen LogP) is 5.92. The molecule has 3 aromatic carbocycles. The molecule has 0 aliphatic carbocycles. The Morgan fingerprint density at radius 3 is 2.34 bits per heavy atom. The van der Waals surface area contributed by atoms with Crippen LogP contribution < -0.4 is 10.1 Å². The maximum absolute atomic E-state index is 11.6. The van der Waals surface area contributed by atoms with E-state index in [4.69, 9.17) is 27.9 Å². The van der Waals surface area contributed by atoms with Gasteiger partial charge in [0, 0.05) is 27.7 Å². The molecule has 0 spiro atoms. The number of aliphatic carboxylic acids is 1. The van der Waals surface area contributed by atoms with Crippen molar-refractivity contribution in [3.8, 4) is 5.75 Å². The first-order valence-corrected chi connectivity index (χ1v) is 10.2. The fourth-order valence-electron chi connectivity index (χ4n) is 3.27. The topological polar surface area (TPSA) is 58.6 Å². The molecule has 1 atom stereocenters. The lowest BCUT2D eigenvalue weighted by Crippen LogP contribution is -2.40. The first-order chi connectivity index (χ1) is 13.9. The van der Waals surface area contributed by atoms with Crippen molar-refractivity contribution in [1.82, 2.24) is 5.32 Å². The van der Waals surface area contributed by atoms with E-state index in [2.05, 4.69) is 5.32 Å². The molecule has 1 unspecified atom stereocenters. The van der Waals surface area contributed by atoms with E-state index >= 15 is 0 Å². The highest BCUT2D eigenvalue weighted by Gasteiger charge is 2.22. The van der Waals surface area contributed by atoms with Gasteiger partial charge in [0.15, 0.2) is 0 Å². The summed E-state index contributed by atoms with van der Waals surface area (Å²) in [4.78, 5) is 11.6. The van der Waals surface area contributed by atoms with Gasteiger partial charge in [0.05, 0.1) is 0 Å². The molecule has 29 heavy (non-hydrogen) atoms. The molecule has 3 rings (SSSR count). The molecule has 4 nitrogen and oxygen atoms in total. The minimum absolute atomic E-state index is 0.0474. The zero-order valence-corrected chi connectivity index (χ0v) is 17.8. The summed E-state index contributed by atoms with van der Waals surface area (Å²) in [6.07, 6.45) is 0. The number of carboxylic acids is 1. The van der Waals surface area contributed by atoms with Gasteiger partial charge < -0.3 is 9.84 Å². The summed E-state index contributed by atoms with van der Waals surface area (Å²) in [5.74, 6) is -0.251. The van der Waals surface area contributed by atoms with E-state index in [9.17, 15) is 9.90 Å². The Morgan fingerprint density at radius 2 is 1.69 bits per heavy atom. The Morgan fingerprint density at radius 1 is 1.00 bits per heavy atom. The third-order valence-corrected chi connectivity index (χ3v) is 5.57. The van der Waals surface area contributed by atoms with Crippen LogP contribution in [0.25, 0.3) is 10.8 Å². The Bertz CT molecular complexity index is 1000. The smallest absolute Gasteiger partial charge is 0.320 e. The van der Waals surface area contributed by atoms with E-state index in [1.54, 1.807) is 18.2 Å². The van der Waals surface area contributed by atoms with Crippen molar-refractivity contribution < 1.29 is 14.6 Å². The van der Waals surface area contributed by atoms with Crippen LogP contribution in [0.1, 0.15) is 25.0 Å². The van der Waals surface area contributed by atoms with Gasteiger partial charge >= 0.3 is 5.97 Å². The van der Waals surface area contributed by atoms with Gasteiger partial charge in [-0.05, 0) is 34.9 Å². The molecule has 0 aliphatic heterocycles. The minimum atomic E-state index is -0.870. The van der Waals surface area contributed by atoms with Crippen molar-refractivity contribution in [2.24, 2.45) is 5.92 Å². The molecule has 6 heteroatoms. The monoisotopic (exact) mass is 431 g/mol. The van der Waals surface area contributed by atoms with Gasteiger partial charge in [-0.1, -0.05) is 73.4 Å². The molecule has 2 N–H and O–H groups in total. The van der Waals surface area contributed by atoms with E-state index in [1.165, 1.54) is 0 Å². The largest absolute Gasteiger partial charge is 0.488 e. The SMILES string of the molecule is CC(C)C(NCc1c(OCc2c(Cl)cccc2Cl)ccc2ccccc12)C(=O)O. The summed E-state index contributed by atoms with van der Waals surface area (Å²) in [6.45, 7) is 4.34. The number of fused-ring (bicyclic) bond motifs is 1. The van der Waals surface area contributed by atoms with E-state index in [-0.39, 0.29) is 12.5 Å². The number of nitrogens with one attached hydrogen (secondary N) is 1. The van der Waals surface area contributed by atoms with Crippen LogP contribution in [0.15, 0.2) is 54.6 Å². The van der Waals surface area contributed by atoms with Crippen LogP contribution in [0.2, 0.25) is 10.0 Å². The molecule has 0 fully saturated rings. The van der Waals surface area contributed by atoms with Crippen LogP contribution >= 0.6 is 23.2 Å². The molecular weight excluding hydrogens is 409 g/mol. The zero-order chi connectivity index (χ0) is 21.0. The standard InChI is InChI=1S/C23H23Cl2NO3/c1-14(2)22(23(27)28)26-12-17-16-7-4-3-6-15(16)10-11-21(17)29-13-18-19(24)8-5-9-20(18)25/h3-11,14,22,26H,12-13H2,1-2H3,(H,27,28). The first-order valence-electron chi connectivity index (χ1n) is 9.41. The normalized spacial score (nSPS) is 12.3. The van der Waals surface area contributed by atoms with Crippen LogP contribution in [0, 0.1) is 5.92 Å². The van der Waals surface area contributed by atoms with Crippen molar-refractivity contribution in [3.63, 3.8) is 0 Å². The molecule has 3 aromatic rings. The number of hydrogen-bond donors (Lipinski definition) is 2. The molecule has 0 amide bonds. The Hall–Kier alpha value is -2.27. The summed E-state index contributed by atoms with van der Waals surface area (Å²) >= 11 is 12.5. The molecule has 0 saturated carbocycles. The number of benzene rings is 3. The lowest BCUT2D eigenvalue weighted by atomic mass is 10.0. The van der Waals surface area contributed by atoms with Gasteiger partial charge in [-0.25, -0.2) is 0 Å². The lowest BCUT2D eigenvalue weighted by molar-refractivity contribution is -0.140. The third kappa shape index (κ3) is 5.02. The van der Waals surface area contributed by atoms with E-state index in [0.29, 0.717) is 27.9 Å². The molecule has 0 aliphatic rings. The summed E-state index contributed by atoms with van der Waals surface area (Å²) in [6, 6.07) is 16.5. The van der Waals surface area contributed by atoms with Crippen LogP contribution in [-0.2, 0) is 17.9 Å². The second-order valence-corrected chi connectivity index (χ2v) is 8.01. The summed E-state index contributed by atoms with van der Waals surface area (Å²) in [7, 11) is 0. The molecule has 152 valence electrons. The van der Waals surface area contributed by atoms with Crippen molar-refractivity contribution >= 4 is 39.9 Å². The number of carboxylic acid groups (broad SMARTS) is 1. The second-order valence-electron chi connectivity index (χ2n) is 7.19. The number of carbonyl (C=O) groups is 1. The lowest BCUT2D eigenvalue weighted by Gasteiger charge is -2.20. The Kier molecular flexibility index (Phi) is 7.01. The van der Waals surface area contributed by atoms with Gasteiger partial charge in [0.25, 0.3) is 0 Å². The van der Waals surface area contributed by atoms with Crippen LogP contribution in [0.3, 0.4) is 0 Å². The average molecular weight is 432 g/mol. The third-order valence-electron chi connectivity index (χ3n) is 4.86. The van der Waals surface area contributed by atoms with E-state index in [1.807, 2.05) is 50.2 Å². The van der Waals surface area contributed by atoms with Crippen molar-refractivity contribution in [3.05, 3.63) is 75.8 Å². The zero-order valence-electron chi connectivity index (χ0n) is 16.3. The highest BCUT2D eigenvalue weighted by molar-refractivity contribution is 6.35. The minimum Gasteiger partial charge on any atom is -0.488 e. The Balaban J connectivity index is 1.92. The summed E-state index contributed by atoms with van der Waals surface area (Å²) in [5.41, 5.74) is 1.62. The van der Waals surface area contributed by atoms with Gasteiger partial charge in [0.2, 0.25) is 0 Å². The van der Waals surface area contributed by atoms with Gasteiger partial charge in [0.1, 0.15) is 18.4 Å². The maximum atomic E-state index is 11.6. The first kappa shape index (κ1) is 21.4. The number of halogens is 2. The van der Waals surface area contributed by atoms with Gasteiger partial charge in [-0.3, -0.25) is 10.1 Å². The highest BCUT2D eigenvalue weighted by Crippen LogP contribution is 2.31. The van der Waals surface area contributed by atoms with Crippen LogP contribution in [0.5, 0.6) is 5.75 Å². The summed E-state index contributed by atoms with van der Waals surface area (Å²) in [5, 5.41) is 15.8. The predicted molar refractivity (Wildman–Crippen MR) is 118 cm³/mol. The quantitative estimate of drug-likeness (QED) is 0.464. The molecule has 0 aromatic heterocycles. The second kappa shape index (κ2) is 9.49.